The molecule has 1 saturated carbocycles. The quantitative estimate of drug-likeness (QED) is 0.413. The molecule has 0 radical (unpaired) electrons. The molecular weight excluding hydrogens is 376 g/mol. The Balaban J connectivity index is 1.61. The van der Waals surface area contributed by atoms with Gasteiger partial charge in [-0.05, 0) is 49.9 Å². The zero-order chi connectivity index (χ0) is 15.2. The van der Waals surface area contributed by atoms with E-state index in [-0.39, 0.29) is 5.60 Å². The number of halogens is 1. The Kier molecular flexibility index (Phi) is 3.26. The van der Waals surface area contributed by atoms with Gasteiger partial charge in [-0.25, -0.2) is 0 Å². The standard InChI is InChI=1S/C18H25BrOS2/c1-16-6-7-18(21-8-9-22-18)13(16)10-14(19)17(2)12-5-3-4-11(12)15(16)20-17/h3,5,11-15H,4,6-10H2,1-2H3/t11-,12+,13+,14+,15-,16+,17-/m1/s1. The Morgan fingerprint density at radius 2 is 1.95 bits per heavy atom. The van der Waals surface area contributed by atoms with Crippen molar-refractivity contribution in [2.75, 3.05) is 11.5 Å². The van der Waals surface area contributed by atoms with Crippen LogP contribution in [-0.2, 0) is 4.74 Å². The Hall–Kier alpha value is 0.880. The fourth-order valence-electron chi connectivity index (χ4n) is 6.29. The lowest BCUT2D eigenvalue weighted by molar-refractivity contribution is -0.0816. The fraction of sp³-hybridized carbons (Fsp3) is 0.889. The smallest absolute Gasteiger partial charge is 0.0849 e. The number of hydrogen-bond donors (Lipinski definition) is 0. The zero-order valence-electron chi connectivity index (χ0n) is 13.4. The lowest BCUT2D eigenvalue weighted by atomic mass is 9.64. The second kappa shape index (κ2) is 4.74. The van der Waals surface area contributed by atoms with Gasteiger partial charge in [0, 0.05) is 22.3 Å². The maximum atomic E-state index is 6.89. The van der Waals surface area contributed by atoms with Gasteiger partial charge in [0.2, 0.25) is 0 Å². The highest BCUT2D eigenvalue weighted by Crippen LogP contribution is 2.71. The number of hydrogen-bond acceptors (Lipinski definition) is 3. The van der Waals surface area contributed by atoms with Crippen LogP contribution < -0.4 is 0 Å². The molecule has 0 aromatic rings. The number of alkyl halides is 1. The van der Waals surface area contributed by atoms with Crippen molar-refractivity contribution in [1.29, 1.82) is 0 Å². The molecule has 2 bridgehead atoms. The van der Waals surface area contributed by atoms with Crippen LogP contribution in [0.5, 0.6) is 0 Å². The van der Waals surface area contributed by atoms with Crippen LogP contribution in [0.3, 0.4) is 0 Å². The summed E-state index contributed by atoms with van der Waals surface area (Å²) in [7, 11) is 0. The van der Waals surface area contributed by atoms with Gasteiger partial charge in [0.15, 0.2) is 0 Å². The molecule has 1 nitrogen and oxygen atoms in total. The third-order valence-corrected chi connectivity index (χ3v) is 12.5. The molecule has 4 heteroatoms. The van der Waals surface area contributed by atoms with E-state index in [4.69, 9.17) is 4.74 Å². The number of rotatable bonds is 0. The van der Waals surface area contributed by atoms with E-state index in [1.165, 1.54) is 37.2 Å². The summed E-state index contributed by atoms with van der Waals surface area (Å²) in [5.41, 5.74) is 0.379. The summed E-state index contributed by atoms with van der Waals surface area (Å²) in [5, 5.41) is 0. The van der Waals surface area contributed by atoms with Crippen molar-refractivity contribution in [2.24, 2.45) is 23.2 Å². The van der Waals surface area contributed by atoms with Gasteiger partial charge in [0.25, 0.3) is 0 Å². The molecular formula is C18H25BrOS2. The third-order valence-electron chi connectivity index (χ3n) is 7.47. The first-order valence-electron chi connectivity index (χ1n) is 8.76. The van der Waals surface area contributed by atoms with Crippen LogP contribution in [0.25, 0.3) is 0 Å². The van der Waals surface area contributed by atoms with E-state index in [0.29, 0.717) is 26.3 Å². The highest BCUT2D eigenvalue weighted by atomic mass is 79.9. The van der Waals surface area contributed by atoms with Crippen molar-refractivity contribution in [2.45, 2.75) is 60.1 Å². The highest BCUT2D eigenvalue weighted by molar-refractivity contribution is 9.09. The molecule has 22 heavy (non-hydrogen) atoms. The first-order valence-corrected chi connectivity index (χ1v) is 11.6. The highest BCUT2D eigenvalue weighted by Gasteiger charge is 2.69. The molecule has 7 atom stereocenters. The van der Waals surface area contributed by atoms with Gasteiger partial charge in [0.05, 0.1) is 15.8 Å². The van der Waals surface area contributed by atoms with Crippen molar-refractivity contribution in [1.82, 2.24) is 0 Å². The first kappa shape index (κ1) is 15.2. The molecule has 3 aliphatic heterocycles. The normalized spacial score (nSPS) is 58.0. The molecule has 1 spiro atoms. The monoisotopic (exact) mass is 400 g/mol. The number of thioether (sulfide) groups is 2. The van der Waals surface area contributed by atoms with E-state index in [0.717, 1.165) is 11.8 Å². The summed E-state index contributed by atoms with van der Waals surface area (Å²) in [4.78, 5) is 0.490. The van der Waals surface area contributed by atoms with Crippen LogP contribution in [0.15, 0.2) is 12.2 Å². The van der Waals surface area contributed by atoms with E-state index in [1.807, 2.05) is 0 Å². The van der Waals surface area contributed by atoms with Crippen LogP contribution in [0, 0.1) is 23.2 Å². The van der Waals surface area contributed by atoms with Gasteiger partial charge < -0.3 is 4.74 Å². The number of ether oxygens (including phenoxy) is 1. The lowest BCUT2D eigenvalue weighted by Gasteiger charge is -2.44. The second-order valence-corrected chi connectivity index (χ2v) is 12.6. The van der Waals surface area contributed by atoms with Gasteiger partial charge in [-0.1, -0.05) is 35.0 Å². The van der Waals surface area contributed by atoms with Crippen LogP contribution in [-0.4, -0.2) is 32.1 Å². The fourth-order valence-corrected chi connectivity index (χ4v) is 10.9. The second-order valence-electron chi connectivity index (χ2n) is 8.35. The topological polar surface area (TPSA) is 9.23 Å². The van der Waals surface area contributed by atoms with Crippen molar-refractivity contribution in [3.05, 3.63) is 12.2 Å². The molecule has 0 amide bonds. The van der Waals surface area contributed by atoms with Crippen molar-refractivity contribution < 1.29 is 4.74 Å². The Morgan fingerprint density at radius 3 is 2.73 bits per heavy atom. The zero-order valence-corrected chi connectivity index (χ0v) is 16.6. The largest absolute Gasteiger partial charge is 0.369 e. The summed E-state index contributed by atoms with van der Waals surface area (Å²) >= 11 is 8.64. The SMILES string of the molecule is C[C@]12CCC3(SCCS3)[C@H]1C[C@H](Br)[C@]1(C)O[C@@H]2[C@@H]2CC=C[C@@H]21. The lowest BCUT2D eigenvalue weighted by Crippen LogP contribution is -2.45. The molecule has 5 rings (SSSR count). The van der Waals surface area contributed by atoms with Gasteiger partial charge in [-0.2, -0.15) is 0 Å². The van der Waals surface area contributed by atoms with E-state index in [1.54, 1.807) is 0 Å². The summed E-state index contributed by atoms with van der Waals surface area (Å²) in [5.74, 6) is 4.85. The summed E-state index contributed by atoms with van der Waals surface area (Å²) in [6, 6.07) is 0. The average Bonchev–Trinajstić information content (AvgIpc) is 3.22. The molecule has 4 fully saturated rings. The molecule has 0 N–H and O–H groups in total. The van der Waals surface area contributed by atoms with Crippen LogP contribution in [0.4, 0.5) is 0 Å². The minimum Gasteiger partial charge on any atom is -0.369 e. The van der Waals surface area contributed by atoms with Crippen molar-refractivity contribution in [3.8, 4) is 0 Å². The first-order chi connectivity index (χ1) is 10.5. The minimum absolute atomic E-state index is 0.00477. The van der Waals surface area contributed by atoms with Gasteiger partial charge in [0.1, 0.15) is 0 Å². The predicted molar refractivity (Wildman–Crippen MR) is 99.8 cm³/mol. The average molecular weight is 401 g/mol. The van der Waals surface area contributed by atoms with Crippen molar-refractivity contribution in [3.63, 3.8) is 0 Å². The molecule has 3 heterocycles. The van der Waals surface area contributed by atoms with Crippen LogP contribution in [0.2, 0.25) is 0 Å². The summed E-state index contributed by atoms with van der Waals surface area (Å²) < 4.78 is 7.38. The maximum absolute atomic E-state index is 6.89. The van der Waals surface area contributed by atoms with Gasteiger partial charge >= 0.3 is 0 Å². The van der Waals surface area contributed by atoms with Crippen LogP contribution >= 0.6 is 39.5 Å². The maximum Gasteiger partial charge on any atom is 0.0849 e. The summed E-state index contributed by atoms with van der Waals surface area (Å²) in [6.07, 6.45) is 10.6. The molecule has 0 unspecified atom stereocenters. The summed E-state index contributed by atoms with van der Waals surface area (Å²) in [6.45, 7) is 4.95. The van der Waals surface area contributed by atoms with Crippen LogP contribution in [0.1, 0.15) is 39.5 Å². The Labute approximate surface area is 150 Å². The minimum atomic E-state index is 0.00477. The van der Waals surface area contributed by atoms with E-state index in [2.05, 4.69) is 65.5 Å². The van der Waals surface area contributed by atoms with E-state index >= 15 is 0 Å². The predicted octanol–water partition coefficient (Wildman–Crippen LogP) is 5.10. The van der Waals surface area contributed by atoms with Gasteiger partial charge in [-0.15, -0.1) is 23.5 Å². The third kappa shape index (κ3) is 1.69. The number of allylic oxidation sites excluding steroid dienone is 1. The molecule has 0 aromatic heterocycles. The number of fused-ring (bicyclic) bond motifs is 8. The molecule has 3 saturated heterocycles. The molecule has 2 aliphatic carbocycles. The Bertz CT molecular complexity index is 531. The molecule has 5 aliphatic rings. The molecule has 122 valence electrons. The van der Waals surface area contributed by atoms with Crippen molar-refractivity contribution >= 4 is 39.5 Å². The molecule has 0 aromatic carbocycles. The van der Waals surface area contributed by atoms with E-state index in [9.17, 15) is 0 Å². The van der Waals surface area contributed by atoms with E-state index < -0.39 is 0 Å². The Morgan fingerprint density at radius 1 is 1.18 bits per heavy atom. The van der Waals surface area contributed by atoms with Gasteiger partial charge in [-0.3, -0.25) is 0 Å².